The van der Waals surface area contributed by atoms with Gasteiger partial charge in [0.2, 0.25) is 0 Å². The number of urea groups is 1. The molecule has 0 radical (unpaired) electrons. The second-order valence-corrected chi connectivity index (χ2v) is 3.74. The van der Waals surface area contributed by atoms with E-state index in [2.05, 4.69) is 0 Å². The van der Waals surface area contributed by atoms with Crippen LogP contribution in [0.25, 0.3) is 0 Å². The fourth-order valence-electron chi connectivity index (χ4n) is 1.68. The maximum Gasteiger partial charge on any atom is 0.332 e. The Morgan fingerprint density at radius 3 is 2.44 bits per heavy atom. The molecule has 0 unspecified atom stereocenters. The molecule has 94 valence electrons. The molecule has 0 aromatic heterocycles. The molecule has 2 rings (SSSR count). The van der Waals surface area contributed by atoms with Crippen molar-refractivity contribution in [1.82, 2.24) is 4.90 Å². The number of nitrogens with zero attached hydrogens (tertiary/aromatic N) is 2. The minimum absolute atomic E-state index is 0.222. The summed E-state index contributed by atoms with van der Waals surface area (Å²) in [5.74, 6) is -2.22. The van der Waals surface area contributed by atoms with E-state index < -0.39 is 30.3 Å². The fraction of sp³-hybridized carbons (Fsp3) is 0.182. The van der Waals surface area contributed by atoms with Gasteiger partial charge in [0.05, 0.1) is 5.69 Å². The van der Waals surface area contributed by atoms with Gasteiger partial charge in [-0.05, 0) is 24.3 Å². The molecule has 0 spiro atoms. The molecule has 18 heavy (non-hydrogen) atoms. The SMILES string of the molecule is O=C(O)CN1CC(=O)N(c2ccc(F)cc2)C1=O. The van der Waals surface area contributed by atoms with Crippen molar-refractivity contribution >= 4 is 23.6 Å². The average molecular weight is 252 g/mol. The van der Waals surface area contributed by atoms with Gasteiger partial charge in [0.25, 0.3) is 5.91 Å². The maximum absolute atomic E-state index is 12.7. The highest BCUT2D eigenvalue weighted by Gasteiger charge is 2.37. The molecule has 1 aliphatic rings. The normalized spacial score (nSPS) is 15.4. The lowest BCUT2D eigenvalue weighted by molar-refractivity contribution is -0.137. The van der Waals surface area contributed by atoms with E-state index in [-0.39, 0.29) is 12.2 Å². The molecule has 1 aliphatic heterocycles. The summed E-state index contributed by atoms with van der Waals surface area (Å²) in [6.07, 6.45) is 0. The van der Waals surface area contributed by atoms with E-state index in [1.807, 2.05) is 0 Å². The van der Waals surface area contributed by atoms with Crippen molar-refractivity contribution in [1.29, 1.82) is 0 Å². The number of anilines is 1. The summed E-state index contributed by atoms with van der Waals surface area (Å²) >= 11 is 0. The van der Waals surface area contributed by atoms with Crippen molar-refractivity contribution in [2.45, 2.75) is 0 Å². The highest BCUT2D eigenvalue weighted by Crippen LogP contribution is 2.21. The summed E-state index contributed by atoms with van der Waals surface area (Å²) in [6.45, 7) is -0.829. The van der Waals surface area contributed by atoms with Gasteiger partial charge in [0.1, 0.15) is 18.9 Å². The first-order valence-electron chi connectivity index (χ1n) is 5.08. The number of amides is 3. The second kappa shape index (κ2) is 4.44. The molecule has 7 heteroatoms. The lowest BCUT2D eigenvalue weighted by Gasteiger charge is -2.15. The number of benzene rings is 1. The lowest BCUT2D eigenvalue weighted by Crippen LogP contribution is -2.35. The van der Waals surface area contributed by atoms with E-state index in [1.165, 1.54) is 12.1 Å². The molecular weight excluding hydrogens is 243 g/mol. The third kappa shape index (κ3) is 2.15. The van der Waals surface area contributed by atoms with Crippen molar-refractivity contribution < 1.29 is 23.9 Å². The zero-order chi connectivity index (χ0) is 13.3. The minimum atomic E-state index is -1.20. The van der Waals surface area contributed by atoms with Gasteiger partial charge in [-0.3, -0.25) is 9.59 Å². The quantitative estimate of drug-likeness (QED) is 0.802. The first-order valence-corrected chi connectivity index (χ1v) is 5.08. The predicted octanol–water partition coefficient (Wildman–Crippen LogP) is 0.679. The van der Waals surface area contributed by atoms with E-state index in [1.54, 1.807) is 0 Å². The van der Waals surface area contributed by atoms with Gasteiger partial charge in [0.15, 0.2) is 0 Å². The third-order valence-electron chi connectivity index (χ3n) is 2.45. The zero-order valence-corrected chi connectivity index (χ0v) is 9.17. The Morgan fingerprint density at radius 2 is 1.89 bits per heavy atom. The molecule has 6 nitrogen and oxygen atoms in total. The van der Waals surface area contributed by atoms with E-state index in [9.17, 15) is 18.8 Å². The van der Waals surface area contributed by atoms with E-state index in [0.29, 0.717) is 0 Å². The number of carbonyl (C=O) groups is 3. The minimum Gasteiger partial charge on any atom is -0.480 e. The summed E-state index contributed by atoms with van der Waals surface area (Å²) in [6, 6.07) is 4.10. The van der Waals surface area contributed by atoms with Crippen molar-refractivity contribution in [2.75, 3.05) is 18.0 Å². The van der Waals surface area contributed by atoms with Crippen molar-refractivity contribution in [3.63, 3.8) is 0 Å². The molecule has 1 aromatic carbocycles. The van der Waals surface area contributed by atoms with Crippen LogP contribution in [-0.4, -0.2) is 41.0 Å². The Kier molecular flexibility index (Phi) is 2.97. The summed E-state index contributed by atoms with van der Waals surface area (Å²) in [4.78, 5) is 35.7. The van der Waals surface area contributed by atoms with Gasteiger partial charge in [-0.1, -0.05) is 0 Å². The number of halogens is 1. The Morgan fingerprint density at radius 1 is 1.28 bits per heavy atom. The number of imide groups is 1. The van der Waals surface area contributed by atoms with Gasteiger partial charge < -0.3 is 10.0 Å². The summed E-state index contributed by atoms with van der Waals surface area (Å²) in [7, 11) is 0. The van der Waals surface area contributed by atoms with E-state index in [4.69, 9.17) is 5.11 Å². The molecule has 1 N–H and O–H groups in total. The fourth-order valence-corrected chi connectivity index (χ4v) is 1.68. The van der Waals surface area contributed by atoms with E-state index >= 15 is 0 Å². The molecule has 3 amide bonds. The molecule has 1 aromatic rings. The van der Waals surface area contributed by atoms with Crippen LogP contribution in [0.2, 0.25) is 0 Å². The topological polar surface area (TPSA) is 77.9 Å². The first kappa shape index (κ1) is 12.0. The Bertz CT molecular complexity index is 514. The predicted molar refractivity (Wildman–Crippen MR) is 58.5 cm³/mol. The number of carbonyl (C=O) groups excluding carboxylic acids is 2. The molecule has 0 atom stereocenters. The monoisotopic (exact) mass is 252 g/mol. The highest BCUT2D eigenvalue weighted by atomic mass is 19.1. The molecule has 1 heterocycles. The van der Waals surface area contributed by atoms with Crippen molar-refractivity contribution in [3.8, 4) is 0 Å². The van der Waals surface area contributed by atoms with E-state index in [0.717, 1.165) is 21.9 Å². The number of aliphatic carboxylic acids is 1. The zero-order valence-electron chi connectivity index (χ0n) is 9.17. The summed E-state index contributed by atoms with van der Waals surface area (Å²) in [5.41, 5.74) is 0.222. The van der Waals surface area contributed by atoms with Gasteiger partial charge in [-0.25, -0.2) is 14.1 Å². The van der Waals surface area contributed by atoms with Crippen LogP contribution in [-0.2, 0) is 9.59 Å². The molecular formula is C11H9FN2O4. The number of carboxylic acids is 1. The van der Waals surface area contributed by atoms with Crippen LogP contribution >= 0.6 is 0 Å². The molecule has 0 bridgehead atoms. The van der Waals surface area contributed by atoms with Crippen LogP contribution in [0.3, 0.4) is 0 Å². The molecule has 1 saturated heterocycles. The van der Waals surface area contributed by atoms with Crippen LogP contribution in [0.4, 0.5) is 14.9 Å². The van der Waals surface area contributed by atoms with Crippen molar-refractivity contribution in [2.24, 2.45) is 0 Å². The Balaban J connectivity index is 2.24. The lowest BCUT2D eigenvalue weighted by atomic mass is 10.3. The van der Waals surface area contributed by atoms with Crippen LogP contribution in [0, 0.1) is 5.82 Å². The average Bonchev–Trinajstić information content (AvgIpc) is 2.55. The molecule has 0 saturated carbocycles. The van der Waals surface area contributed by atoms with Crippen LogP contribution in [0.1, 0.15) is 0 Å². The smallest absolute Gasteiger partial charge is 0.332 e. The standard InChI is InChI=1S/C11H9FN2O4/c12-7-1-3-8(4-2-7)14-9(15)5-13(11(14)18)6-10(16)17/h1-4H,5-6H2,(H,16,17). The number of carboxylic acid groups (broad SMARTS) is 1. The highest BCUT2D eigenvalue weighted by molar-refractivity contribution is 6.20. The van der Waals surface area contributed by atoms with Crippen LogP contribution in [0.15, 0.2) is 24.3 Å². The van der Waals surface area contributed by atoms with Crippen LogP contribution in [0.5, 0.6) is 0 Å². The van der Waals surface area contributed by atoms with Crippen molar-refractivity contribution in [3.05, 3.63) is 30.1 Å². The van der Waals surface area contributed by atoms with Crippen LogP contribution < -0.4 is 4.90 Å². The number of hydrogen-bond donors (Lipinski definition) is 1. The Hall–Kier alpha value is -2.44. The Labute approximate surface area is 101 Å². The third-order valence-corrected chi connectivity index (χ3v) is 2.45. The maximum atomic E-state index is 12.7. The first-order chi connectivity index (χ1) is 8.49. The second-order valence-electron chi connectivity index (χ2n) is 3.74. The number of rotatable bonds is 3. The largest absolute Gasteiger partial charge is 0.480 e. The van der Waals surface area contributed by atoms with Gasteiger partial charge >= 0.3 is 12.0 Å². The molecule has 1 fully saturated rings. The van der Waals surface area contributed by atoms with Gasteiger partial charge in [0, 0.05) is 0 Å². The summed E-state index contributed by atoms with van der Waals surface area (Å²) in [5, 5.41) is 8.60. The van der Waals surface area contributed by atoms with Gasteiger partial charge in [-0.15, -0.1) is 0 Å². The number of hydrogen-bond acceptors (Lipinski definition) is 3. The van der Waals surface area contributed by atoms with Gasteiger partial charge in [-0.2, -0.15) is 0 Å². The molecule has 0 aliphatic carbocycles. The summed E-state index contributed by atoms with van der Waals surface area (Å²) < 4.78 is 12.7.